The molecule has 0 aromatic carbocycles. The molecule has 8 heteroatoms. The van der Waals surface area contributed by atoms with Crippen molar-refractivity contribution in [1.82, 2.24) is 0 Å². The molecule has 0 spiro atoms. The largest absolute Gasteiger partial charge is 0.359 e. The van der Waals surface area contributed by atoms with Gasteiger partial charge in [0.2, 0.25) is 0 Å². The van der Waals surface area contributed by atoms with Crippen LogP contribution in [0.3, 0.4) is 0 Å². The lowest BCUT2D eigenvalue weighted by Crippen LogP contribution is -2.63. The Morgan fingerprint density at radius 2 is 1.19 bits per heavy atom. The third kappa shape index (κ3) is 1.80. The normalized spacial score (nSPS) is 49.1. The van der Waals surface area contributed by atoms with Crippen molar-refractivity contribution in [2.45, 2.75) is 56.9 Å². The molecular formula is C19H26O8. The second-order valence-electron chi connectivity index (χ2n) is 8.50. The van der Waals surface area contributed by atoms with Crippen molar-refractivity contribution in [2.24, 2.45) is 10.8 Å². The van der Waals surface area contributed by atoms with E-state index >= 15 is 0 Å². The van der Waals surface area contributed by atoms with Gasteiger partial charge in [0.25, 0.3) is 0 Å². The van der Waals surface area contributed by atoms with E-state index in [1.807, 2.05) is 12.2 Å². The van der Waals surface area contributed by atoms with Gasteiger partial charge in [0.15, 0.2) is 28.6 Å². The van der Waals surface area contributed by atoms with Gasteiger partial charge in [-0.15, -0.1) is 0 Å². The van der Waals surface area contributed by atoms with Gasteiger partial charge in [-0.05, 0) is 27.7 Å². The summed E-state index contributed by atoms with van der Waals surface area (Å²) in [6, 6.07) is 0. The van der Waals surface area contributed by atoms with Gasteiger partial charge in [0, 0.05) is 14.2 Å². The van der Waals surface area contributed by atoms with Crippen LogP contribution in [0.1, 0.15) is 27.7 Å². The van der Waals surface area contributed by atoms with Crippen LogP contribution in [0.15, 0.2) is 12.2 Å². The Morgan fingerprint density at radius 1 is 0.815 bits per heavy atom. The van der Waals surface area contributed by atoms with Gasteiger partial charge in [-0.2, -0.15) is 0 Å². The first kappa shape index (κ1) is 19.2. The zero-order chi connectivity index (χ0) is 19.9. The minimum atomic E-state index is -1.54. The molecule has 0 unspecified atom stereocenters. The number of hydrogen-bond acceptors (Lipinski definition) is 8. The van der Waals surface area contributed by atoms with Gasteiger partial charge >= 0.3 is 0 Å². The second-order valence-corrected chi connectivity index (χ2v) is 8.50. The molecule has 0 aromatic heterocycles. The maximum atomic E-state index is 13.8. The summed E-state index contributed by atoms with van der Waals surface area (Å²) in [5.41, 5.74) is -5.20. The number of Topliss-reactive ketones (excluding diaryl/α,β-unsaturated/α-hetero) is 2. The molecule has 27 heavy (non-hydrogen) atoms. The van der Waals surface area contributed by atoms with E-state index in [-0.39, 0.29) is 25.2 Å². The Balaban J connectivity index is 1.94. The van der Waals surface area contributed by atoms with Crippen molar-refractivity contribution >= 4 is 11.6 Å². The molecule has 4 aliphatic rings. The number of rotatable bonds is 6. The summed E-state index contributed by atoms with van der Waals surface area (Å²) in [5.74, 6) is -1.76. The van der Waals surface area contributed by atoms with E-state index in [9.17, 15) is 9.59 Å². The molecule has 2 saturated carbocycles. The maximum absolute atomic E-state index is 13.8. The highest BCUT2D eigenvalue weighted by atomic mass is 16.8. The van der Waals surface area contributed by atoms with Gasteiger partial charge in [0.05, 0.1) is 10.8 Å². The smallest absolute Gasteiger partial charge is 0.199 e. The van der Waals surface area contributed by atoms with E-state index in [0.29, 0.717) is 0 Å². The van der Waals surface area contributed by atoms with E-state index < -0.39 is 40.0 Å². The number of hydrogen-bond donors (Lipinski definition) is 0. The fourth-order valence-electron chi connectivity index (χ4n) is 5.67. The first-order chi connectivity index (χ1) is 12.6. The Hall–Kier alpha value is -1.16. The van der Waals surface area contributed by atoms with E-state index in [4.69, 9.17) is 28.4 Å². The molecule has 0 aromatic rings. The van der Waals surface area contributed by atoms with Crippen LogP contribution in [0.5, 0.6) is 0 Å². The first-order valence-corrected chi connectivity index (χ1v) is 8.98. The van der Waals surface area contributed by atoms with Crippen LogP contribution < -0.4 is 0 Å². The minimum absolute atomic E-state index is 0.0795. The minimum Gasteiger partial charge on any atom is -0.359 e. The van der Waals surface area contributed by atoms with Crippen molar-refractivity contribution in [1.29, 1.82) is 0 Å². The maximum Gasteiger partial charge on any atom is 0.199 e. The summed E-state index contributed by atoms with van der Waals surface area (Å²) in [7, 11) is 2.95. The van der Waals surface area contributed by atoms with Gasteiger partial charge in [0.1, 0.15) is 25.8 Å². The predicted molar refractivity (Wildman–Crippen MR) is 90.6 cm³/mol. The van der Waals surface area contributed by atoms with E-state index in [0.717, 1.165) is 0 Å². The summed E-state index contributed by atoms with van der Waals surface area (Å²) in [4.78, 5) is 27.5. The lowest BCUT2D eigenvalue weighted by molar-refractivity contribution is -0.227. The monoisotopic (exact) mass is 382 g/mol. The third-order valence-corrected chi connectivity index (χ3v) is 6.55. The van der Waals surface area contributed by atoms with Crippen LogP contribution >= 0.6 is 0 Å². The molecule has 0 radical (unpaired) electrons. The summed E-state index contributed by atoms with van der Waals surface area (Å²) in [5, 5.41) is 0. The van der Waals surface area contributed by atoms with Gasteiger partial charge in [-0.25, -0.2) is 0 Å². The van der Waals surface area contributed by atoms with Crippen molar-refractivity contribution in [3.8, 4) is 0 Å². The topological polar surface area (TPSA) is 89.5 Å². The van der Waals surface area contributed by atoms with Crippen molar-refractivity contribution in [3.05, 3.63) is 12.2 Å². The standard InChI is InChI=1S/C19H26O8/c1-15(2)26-18-12(21)14(25-10-23-6)17(4)8-7-16(18,3)13(24-9-22-5)11(20)19(17,18)27-15/h7-8,13-14H,9-10H2,1-6H3/t13-,14-,16+,17+,18-,19-/m1/s1. The number of carbonyl (C=O) groups is 2. The SMILES string of the molecule is COCO[C@@H]1C(=O)[C@]23OC(C)(C)O[C@@]24C(=O)[C@@H](OCOC)[C@]3(C)C=C[C@@]14C. The average Bonchev–Trinajstić information content (AvgIpc) is 2.98. The highest BCUT2D eigenvalue weighted by Crippen LogP contribution is 2.75. The van der Waals surface area contributed by atoms with Crippen LogP contribution in [0.2, 0.25) is 0 Å². The summed E-state index contributed by atoms with van der Waals surface area (Å²) < 4.78 is 34.1. The number of ether oxygens (including phenoxy) is 6. The van der Waals surface area contributed by atoms with Crippen LogP contribution in [0.25, 0.3) is 0 Å². The Kier molecular flexibility index (Phi) is 3.88. The number of carbonyl (C=O) groups excluding carboxylic acids is 2. The average molecular weight is 382 g/mol. The zero-order valence-corrected chi connectivity index (χ0v) is 16.5. The van der Waals surface area contributed by atoms with Crippen LogP contribution in [-0.2, 0) is 38.0 Å². The molecule has 150 valence electrons. The molecule has 0 N–H and O–H groups in total. The summed E-state index contributed by atoms with van der Waals surface area (Å²) in [6.45, 7) is 6.86. The van der Waals surface area contributed by atoms with E-state index in [1.54, 1.807) is 27.7 Å². The molecule has 0 amide bonds. The van der Waals surface area contributed by atoms with Crippen molar-refractivity contribution < 1.29 is 38.0 Å². The Morgan fingerprint density at radius 3 is 1.52 bits per heavy atom. The van der Waals surface area contributed by atoms with Crippen LogP contribution in [-0.4, -0.2) is 68.6 Å². The molecule has 1 aliphatic heterocycles. The lowest BCUT2D eigenvalue weighted by atomic mass is 9.62. The number of ketones is 2. The molecule has 1 saturated heterocycles. The van der Waals surface area contributed by atoms with Crippen molar-refractivity contribution in [3.63, 3.8) is 0 Å². The third-order valence-electron chi connectivity index (χ3n) is 6.55. The molecule has 3 fully saturated rings. The zero-order valence-electron chi connectivity index (χ0n) is 16.5. The summed E-state index contributed by atoms with van der Waals surface area (Å²) in [6.07, 6.45) is 1.82. The summed E-state index contributed by atoms with van der Waals surface area (Å²) >= 11 is 0. The Labute approximate surface area is 158 Å². The van der Waals surface area contributed by atoms with Gasteiger partial charge in [-0.3, -0.25) is 9.59 Å². The van der Waals surface area contributed by atoms with Crippen molar-refractivity contribution in [2.75, 3.05) is 27.8 Å². The molecular weight excluding hydrogens is 356 g/mol. The number of methoxy groups -OCH3 is 2. The molecule has 3 aliphatic carbocycles. The quantitative estimate of drug-likeness (QED) is 0.496. The molecule has 6 atom stereocenters. The van der Waals surface area contributed by atoms with Gasteiger partial charge < -0.3 is 28.4 Å². The molecule has 4 bridgehead atoms. The van der Waals surface area contributed by atoms with Gasteiger partial charge in [-0.1, -0.05) is 12.2 Å². The first-order valence-electron chi connectivity index (χ1n) is 8.98. The van der Waals surface area contributed by atoms with Crippen LogP contribution in [0, 0.1) is 10.8 Å². The fourth-order valence-corrected chi connectivity index (χ4v) is 5.67. The Bertz CT molecular complexity index is 673. The predicted octanol–water partition coefficient (Wildman–Crippen LogP) is 0.973. The molecule has 4 rings (SSSR count). The molecule has 1 heterocycles. The lowest BCUT2D eigenvalue weighted by Gasteiger charge is -2.45. The van der Waals surface area contributed by atoms with E-state index in [1.165, 1.54) is 14.2 Å². The highest BCUT2D eigenvalue weighted by Gasteiger charge is 2.95. The van der Waals surface area contributed by atoms with E-state index in [2.05, 4.69) is 0 Å². The van der Waals surface area contributed by atoms with Crippen LogP contribution in [0.4, 0.5) is 0 Å². The fraction of sp³-hybridized carbons (Fsp3) is 0.789. The molecule has 8 nitrogen and oxygen atoms in total. The second kappa shape index (κ2) is 5.46. The highest BCUT2D eigenvalue weighted by molar-refractivity contribution is 6.15.